The van der Waals surface area contributed by atoms with Gasteiger partial charge in [-0.2, -0.15) is 0 Å². The van der Waals surface area contributed by atoms with E-state index in [4.69, 9.17) is 5.73 Å². The molecule has 0 unspecified atom stereocenters. The van der Waals surface area contributed by atoms with Crippen LogP contribution < -0.4 is 20.7 Å². The monoisotopic (exact) mass is 431 g/mol. The molecule has 3 rings (SSSR count). The topological polar surface area (TPSA) is 125 Å². The minimum absolute atomic E-state index is 0.0614. The number of amides is 2. The molecule has 0 aromatic heterocycles. The van der Waals surface area contributed by atoms with E-state index >= 15 is 0 Å². The van der Waals surface area contributed by atoms with Crippen LogP contribution in [0.4, 0.5) is 11.4 Å². The summed E-state index contributed by atoms with van der Waals surface area (Å²) in [5, 5.41) is 2.70. The van der Waals surface area contributed by atoms with E-state index in [1.807, 2.05) is 11.9 Å². The molecule has 0 aliphatic carbocycles. The molecule has 9 nitrogen and oxygen atoms in total. The fourth-order valence-electron chi connectivity index (χ4n) is 3.21. The molecule has 0 radical (unpaired) electrons. The second-order valence-electron chi connectivity index (χ2n) is 7.08. The number of anilines is 2. The van der Waals surface area contributed by atoms with E-state index < -0.39 is 21.8 Å². The van der Waals surface area contributed by atoms with Gasteiger partial charge in [0.15, 0.2) is 0 Å². The number of sulfonamides is 1. The summed E-state index contributed by atoms with van der Waals surface area (Å²) in [5.41, 5.74) is 6.78. The first-order valence-corrected chi connectivity index (χ1v) is 10.9. The molecule has 2 aromatic carbocycles. The molecular weight excluding hydrogens is 406 g/mol. The van der Waals surface area contributed by atoms with Gasteiger partial charge >= 0.3 is 0 Å². The SMILES string of the molecule is CNS(=O)(=O)c1cc(C(=O)Nc2ccc(C(N)=O)cc2)ccc1N1CCN(C)CC1. The molecule has 1 aliphatic heterocycles. The Morgan fingerprint density at radius 1 is 0.967 bits per heavy atom. The van der Waals surface area contributed by atoms with Gasteiger partial charge in [-0.3, -0.25) is 9.59 Å². The third-order valence-electron chi connectivity index (χ3n) is 5.05. The number of hydrogen-bond donors (Lipinski definition) is 3. The van der Waals surface area contributed by atoms with Gasteiger partial charge in [0.25, 0.3) is 5.91 Å². The number of nitrogens with two attached hydrogens (primary N) is 1. The highest BCUT2D eigenvalue weighted by Gasteiger charge is 2.24. The standard InChI is InChI=1S/C20H25N5O4S/c1-22-30(28,29)18-13-15(5-8-17(18)25-11-9-24(2)10-12-25)20(27)23-16-6-3-14(4-7-16)19(21)26/h3-8,13,22H,9-12H2,1-2H3,(H2,21,26)(H,23,27). The highest BCUT2D eigenvalue weighted by atomic mass is 32.2. The van der Waals surface area contributed by atoms with Crippen LogP contribution in [0.5, 0.6) is 0 Å². The van der Waals surface area contributed by atoms with Crippen LogP contribution in [0.2, 0.25) is 0 Å². The van der Waals surface area contributed by atoms with Gasteiger partial charge in [-0.25, -0.2) is 13.1 Å². The summed E-state index contributed by atoms with van der Waals surface area (Å²) in [4.78, 5) is 28.1. The molecule has 10 heteroatoms. The lowest BCUT2D eigenvalue weighted by Gasteiger charge is -2.35. The Morgan fingerprint density at radius 2 is 1.57 bits per heavy atom. The van der Waals surface area contributed by atoms with Gasteiger partial charge in [0.2, 0.25) is 15.9 Å². The van der Waals surface area contributed by atoms with Crippen LogP contribution in [-0.4, -0.2) is 65.4 Å². The zero-order valence-corrected chi connectivity index (χ0v) is 17.7. The highest BCUT2D eigenvalue weighted by Crippen LogP contribution is 2.28. The minimum atomic E-state index is -3.77. The van der Waals surface area contributed by atoms with E-state index in [2.05, 4.69) is 14.9 Å². The lowest BCUT2D eigenvalue weighted by atomic mass is 10.1. The van der Waals surface area contributed by atoms with Crippen molar-refractivity contribution >= 4 is 33.2 Å². The fourth-order valence-corrected chi connectivity index (χ4v) is 4.18. The molecule has 30 heavy (non-hydrogen) atoms. The van der Waals surface area contributed by atoms with Crippen LogP contribution in [0, 0.1) is 0 Å². The van der Waals surface area contributed by atoms with E-state index in [1.54, 1.807) is 24.3 Å². The lowest BCUT2D eigenvalue weighted by Crippen LogP contribution is -2.45. The van der Waals surface area contributed by atoms with Crippen molar-refractivity contribution in [1.29, 1.82) is 0 Å². The van der Waals surface area contributed by atoms with Gasteiger partial charge in [0.1, 0.15) is 4.90 Å². The Kier molecular flexibility index (Phi) is 6.40. The first kappa shape index (κ1) is 21.8. The van der Waals surface area contributed by atoms with Gasteiger partial charge in [-0.1, -0.05) is 0 Å². The third kappa shape index (κ3) is 4.78. The number of rotatable bonds is 6. The zero-order valence-electron chi connectivity index (χ0n) is 16.9. The number of likely N-dealkylation sites (N-methyl/N-ethyl adjacent to an activating group) is 1. The zero-order chi connectivity index (χ0) is 21.9. The molecule has 1 aliphatic rings. The summed E-state index contributed by atoms with van der Waals surface area (Å²) in [6.07, 6.45) is 0. The molecule has 0 spiro atoms. The number of benzene rings is 2. The van der Waals surface area contributed by atoms with Crippen molar-refractivity contribution in [3.8, 4) is 0 Å². The predicted octanol–water partition coefficient (Wildman–Crippen LogP) is 0.698. The van der Waals surface area contributed by atoms with Crippen LogP contribution in [-0.2, 0) is 10.0 Å². The Labute approximate surface area is 175 Å². The van der Waals surface area contributed by atoms with Gasteiger partial charge < -0.3 is 20.9 Å². The Balaban J connectivity index is 1.89. The Hall–Kier alpha value is -2.95. The maximum absolute atomic E-state index is 12.7. The van der Waals surface area contributed by atoms with E-state index in [1.165, 1.54) is 25.2 Å². The normalized spacial score (nSPS) is 15.1. The first-order valence-electron chi connectivity index (χ1n) is 9.43. The Morgan fingerprint density at radius 3 is 2.13 bits per heavy atom. The van der Waals surface area contributed by atoms with Crippen molar-refractivity contribution in [3.05, 3.63) is 53.6 Å². The molecule has 1 heterocycles. The summed E-state index contributed by atoms with van der Waals surface area (Å²) in [6.45, 7) is 3.03. The van der Waals surface area contributed by atoms with Gasteiger partial charge in [0, 0.05) is 43.0 Å². The lowest BCUT2D eigenvalue weighted by molar-refractivity contribution is 0.0998. The van der Waals surface area contributed by atoms with E-state index in [0.717, 1.165) is 13.1 Å². The molecule has 0 bridgehead atoms. The minimum Gasteiger partial charge on any atom is -0.368 e. The second kappa shape index (κ2) is 8.82. The maximum atomic E-state index is 12.7. The highest BCUT2D eigenvalue weighted by molar-refractivity contribution is 7.89. The Bertz CT molecular complexity index is 1050. The predicted molar refractivity (Wildman–Crippen MR) is 115 cm³/mol. The molecule has 0 atom stereocenters. The van der Waals surface area contributed by atoms with Crippen LogP contribution in [0.1, 0.15) is 20.7 Å². The average molecular weight is 432 g/mol. The quantitative estimate of drug-likeness (QED) is 0.618. The number of carbonyl (C=O) groups excluding carboxylic acids is 2. The summed E-state index contributed by atoms with van der Waals surface area (Å²) in [6, 6.07) is 10.8. The van der Waals surface area contributed by atoms with Crippen molar-refractivity contribution in [3.63, 3.8) is 0 Å². The number of hydrogen-bond acceptors (Lipinski definition) is 6. The van der Waals surface area contributed by atoms with Gasteiger partial charge in [0.05, 0.1) is 5.69 Å². The fraction of sp³-hybridized carbons (Fsp3) is 0.300. The summed E-state index contributed by atoms with van der Waals surface area (Å²) in [7, 11) is -0.409. The first-order chi connectivity index (χ1) is 14.2. The van der Waals surface area contributed by atoms with E-state index in [0.29, 0.717) is 30.0 Å². The average Bonchev–Trinajstić information content (AvgIpc) is 2.74. The number of primary amides is 1. The van der Waals surface area contributed by atoms with Crippen LogP contribution in [0.3, 0.4) is 0 Å². The number of piperazine rings is 1. The molecule has 4 N–H and O–H groups in total. The molecule has 2 amide bonds. The number of nitrogens with one attached hydrogen (secondary N) is 2. The van der Waals surface area contributed by atoms with E-state index in [9.17, 15) is 18.0 Å². The largest absolute Gasteiger partial charge is 0.368 e. The van der Waals surface area contributed by atoms with Crippen LogP contribution in [0.25, 0.3) is 0 Å². The molecule has 1 fully saturated rings. The molecule has 2 aromatic rings. The summed E-state index contributed by atoms with van der Waals surface area (Å²) in [5.74, 6) is -1.02. The molecular formula is C20H25N5O4S. The van der Waals surface area contributed by atoms with Gasteiger partial charge in [-0.15, -0.1) is 0 Å². The molecule has 0 saturated carbocycles. The smallest absolute Gasteiger partial charge is 0.255 e. The van der Waals surface area contributed by atoms with E-state index in [-0.39, 0.29) is 10.5 Å². The molecule has 1 saturated heterocycles. The maximum Gasteiger partial charge on any atom is 0.255 e. The third-order valence-corrected chi connectivity index (χ3v) is 6.49. The van der Waals surface area contributed by atoms with Gasteiger partial charge in [-0.05, 0) is 56.6 Å². The van der Waals surface area contributed by atoms with Crippen molar-refractivity contribution in [2.45, 2.75) is 4.90 Å². The number of carbonyl (C=O) groups is 2. The molecule has 160 valence electrons. The summed E-state index contributed by atoms with van der Waals surface area (Å²) >= 11 is 0. The van der Waals surface area contributed by atoms with Crippen molar-refractivity contribution in [2.24, 2.45) is 5.73 Å². The van der Waals surface area contributed by atoms with Crippen molar-refractivity contribution in [1.82, 2.24) is 9.62 Å². The summed E-state index contributed by atoms with van der Waals surface area (Å²) < 4.78 is 27.6. The van der Waals surface area contributed by atoms with Crippen molar-refractivity contribution in [2.75, 3.05) is 50.5 Å². The van der Waals surface area contributed by atoms with Crippen molar-refractivity contribution < 1.29 is 18.0 Å². The van der Waals surface area contributed by atoms with Crippen LogP contribution >= 0.6 is 0 Å². The van der Waals surface area contributed by atoms with Crippen LogP contribution in [0.15, 0.2) is 47.4 Å². The second-order valence-corrected chi connectivity index (χ2v) is 8.93. The number of nitrogens with zero attached hydrogens (tertiary/aromatic N) is 2.